The summed E-state index contributed by atoms with van der Waals surface area (Å²) in [4.78, 5) is 27.7. The molecule has 0 saturated carbocycles. The Morgan fingerprint density at radius 1 is 1.42 bits per heavy atom. The van der Waals surface area contributed by atoms with Gasteiger partial charge in [-0.15, -0.1) is 10.2 Å². The second-order valence-electron chi connectivity index (χ2n) is 4.58. The molecular formula is C12H18N4O3. The third-order valence-electron chi connectivity index (χ3n) is 3.26. The fraction of sp³-hybridized carbons (Fsp3) is 0.667. The summed E-state index contributed by atoms with van der Waals surface area (Å²) in [5.74, 6) is 0.282. The average molecular weight is 266 g/mol. The molecule has 2 rings (SSSR count). The van der Waals surface area contributed by atoms with Crippen LogP contribution in [0.25, 0.3) is 0 Å². The number of aromatic amines is 1. The van der Waals surface area contributed by atoms with Crippen LogP contribution >= 0.6 is 0 Å². The minimum absolute atomic E-state index is 0.0543. The number of nitrogens with one attached hydrogen (secondary N) is 1. The molecule has 7 heteroatoms. The SMILES string of the molecule is CCOC(=O)C1CCN(c2nnc(C)c(=O)[nH]2)CC1. The number of esters is 1. The van der Waals surface area contributed by atoms with Crippen LogP contribution in [0.4, 0.5) is 5.95 Å². The summed E-state index contributed by atoms with van der Waals surface area (Å²) in [6, 6.07) is 0. The smallest absolute Gasteiger partial charge is 0.309 e. The first-order valence-electron chi connectivity index (χ1n) is 6.47. The van der Waals surface area contributed by atoms with Crippen molar-refractivity contribution in [1.82, 2.24) is 15.2 Å². The van der Waals surface area contributed by atoms with E-state index in [-0.39, 0.29) is 17.4 Å². The van der Waals surface area contributed by atoms with Crippen molar-refractivity contribution in [1.29, 1.82) is 0 Å². The number of carbonyl (C=O) groups is 1. The van der Waals surface area contributed by atoms with E-state index in [1.165, 1.54) is 0 Å². The quantitative estimate of drug-likeness (QED) is 0.789. The van der Waals surface area contributed by atoms with Crippen LogP contribution < -0.4 is 10.5 Å². The third-order valence-corrected chi connectivity index (χ3v) is 3.26. The summed E-state index contributed by atoms with van der Waals surface area (Å²) < 4.78 is 5.01. The topological polar surface area (TPSA) is 88.2 Å². The number of piperidine rings is 1. The van der Waals surface area contributed by atoms with Crippen molar-refractivity contribution in [3.8, 4) is 0 Å². The first-order valence-corrected chi connectivity index (χ1v) is 6.47. The molecule has 0 bridgehead atoms. The van der Waals surface area contributed by atoms with E-state index in [1.54, 1.807) is 13.8 Å². The van der Waals surface area contributed by atoms with E-state index in [0.29, 0.717) is 44.2 Å². The molecule has 7 nitrogen and oxygen atoms in total. The maximum Gasteiger partial charge on any atom is 0.309 e. The zero-order valence-corrected chi connectivity index (χ0v) is 11.2. The highest BCUT2D eigenvalue weighted by molar-refractivity contribution is 5.72. The Kier molecular flexibility index (Phi) is 4.13. The van der Waals surface area contributed by atoms with Gasteiger partial charge in [-0.2, -0.15) is 0 Å². The number of anilines is 1. The van der Waals surface area contributed by atoms with Crippen LogP contribution in [0.2, 0.25) is 0 Å². The molecule has 0 unspecified atom stereocenters. The highest BCUT2D eigenvalue weighted by Gasteiger charge is 2.27. The Morgan fingerprint density at radius 2 is 2.11 bits per heavy atom. The van der Waals surface area contributed by atoms with Crippen molar-refractivity contribution in [3.05, 3.63) is 16.0 Å². The molecule has 0 amide bonds. The molecule has 0 aromatic carbocycles. The highest BCUT2D eigenvalue weighted by atomic mass is 16.5. The zero-order valence-electron chi connectivity index (χ0n) is 11.2. The lowest BCUT2D eigenvalue weighted by Gasteiger charge is -2.30. The van der Waals surface area contributed by atoms with Gasteiger partial charge in [0.15, 0.2) is 0 Å². The molecule has 0 atom stereocenters. The Hall–Kier alpha value is -1.92. The molecule has 1 aromatic heterocycles. The fourth-order valence-electron chi connectivity index (χ4n) is 2.11. The summed E-state index contributed by atoms with van der Waals surface area (Å²) in [6.07, 6.45) is 1.41. The molecule has 1 fully saturated rings. The lowest BCUT2D eigenvalue weighted by molar-refractivity contribution is -0.148. The first-order chi connectivity index (χ1) is 9.11. The van der Waals surface area contributed by atoms with E-state index in [2.05, 4.69) is 15.2 Å². The molecule has 1 aliphatic heterocycles. The highest BCUT2D eigenvalue weighted by Crippen LogP contribution is 2.20. The van der Waals surface area contributed by atoms with E-state index >= 15 is 0 Å². The maximum atomic E-state index is 11.6. The van der Waals surface area contributed by atoms with Gasteiger partial charge in [-0.25, -0.2) is 0 Å². The number of carbonyl (C=O) groups excluding carboxylic acids is 1. The lowest BCUT2D eigenvalue weighted by Crippen LogP contribution is -2.39. The average Bonchev–Trinajstić information content (AvgIpc) is 2.42. The Labute approximate surface area is 111 Å². The van der Waals surface area contributed by atoms with Crippen molar-refractivity contribution in [3.63, 3.8) is 0 Å². The molecule has 1 aliphatic rings. The van der Waals surface area contributed by atoms with E-state index in [1.807, 2.05) is 4.90 Å². The third kappa shape index (κ3) is 3.10. The fourth-order valence-corrected chi connectivity index (χ4v) is 2.11. The second-order valence-corrected chi connectivity index (χ2v) is 4.58. The number of aryl methyl sites for hydroxylation is 1. The van der Waals surface area contributed by atoms with Gasteiger partial charge in [0.05, 0.1) is 12.5 Å². The van der Waals surface area contributed by atoms with Gasteiger partial charge in [-0.1, -0.05) is 0 Å². The molecule has 0 aliphatic carbocycles. The van der Waals surface area contributed by atoms with Gasteiger partial charge in [0.1, 0.15) is 5.69 Å². The normalized spacial score (nSPS) is 16.4. The van der Waals surface area contributed by atoms with Crippen molar-refractivity contribution in [2.45, 2.75) is 26.7 Å². The number of ether oxygens (including phenoxy) is 1. The predicted octanol–water partition coefficient (Wildman–Crippen LogP) is 0.253. The van der Waals surface area contributed by atoms with Crippen LogP contribution in [-0.2, 0) is 9.53 Å². The van der Waals surface area contributed by atoms with Crippen molar-refractivity contribution < 1.29 is 9.53 Å². The van der Waals surface area contributed by atoms with Crippen LogP contribution in [-0.4, -0.2) is 40.8 Å². The molecular weight excluding hydrogens is 248 g/mol. The van der Waals surface area contributed by atoms with Gasteiger partial charge in [-0.05, 0) is 26.7 Å². The van der Waals surface area contributed by atoms with Gasteiger partial charge in [0, 0.05) is 13.1 Å². The monoisotopic (exact) mass is 266 g/mol. The largest absolute Gasteiger partial charge is 0.466 e. The number of aromatic nitrogens is 3. The summed E-state index contributed by atoms with van der Waals surface area (Å²) in [5.41, 5.74) is 0.127. The van der Waals surface area contributed by atoms with Crippen molar-refractivity contribution >= 4 is 11.9 Å². The molecule has 0 spiro atoms. The number of hydrogen-bond acceptors (Lipinski definition) is 6. The summed E-state index contributed by atoms with van der Waals surface area (Å²) in [7, 11) is 0. The minimum Gasteiger partial charge on any atom is -0.466 e. The lowest BCUT2D eigenvalue weighted by atomic mass is 9.97. The van der Waals surface area contributed by atoms with Crippen LogP contribution in [0.5, 0.6) is 0 Å². The van der Waals surface area contributed by atoms with Gasteiger partial charge in [0.2, 0.25) is 5.95 Å². The van der Waals surface area contributed by atoms with Crippen LogP contribution in [0.15, 0.2) is 4.79 Å². The van der Waals surface area contributed by atoms with Crippen LogP contribution in [0, 0.1) is 12.8 Å². The Bertz CT molecular complexity index is 506. The second kappa shape index (κ2) is 5.81. The molecule has 2 heterocycles. The predicted molar refractivity (Wildman–Crippen MR) is 69.0 cm³/mol. The maximum absolute atomic E-state index is 11.6. The number of rotatable bonds is 3. The van der Waals surface area contributed by atoms with Gasteiger partial charge >= 0.3 is 5.97 Å². The van der Waals surface area contributed by atoms with E-state index in [9.17, 15) is 9.59 Å². The van der Waals surface area contributed by atoms with Crippen LogP contribution in [0.3, 0.4) is 0 Å². The first kappa shape index (κ1) is 13.5. The summed E-state index contributed by atoms with van der Waals surface area (Å²) in [5, 5.41) is 7.78. The Balaban J connectivity index is 1.98. The Morgan fingerprint density at radius 3 is 2.68 bits per heavy atom. The zero-order chi connectivity index (χ0) is 13.8. The summed E-state index contributed by atoms with van der Waals surface area (Å²) in [6.45, 7) is 5.16. The number of nitrogens with zero attached hydrogens (tertiary/aromatic N) is 3. The molecule has 1 saturated heterocycles. The van der Waals surface area contributed by atoms with E-state index < -0.39 is 0 Å². The van der Waals surface area contributed by atoms with Gasteiger partial charge < -0.3 is 9.64 Å². The van der Waals surface area contributed by atoms with Gasteiger partial charge in [0.25, 0.3) is 5.56 Å². The molecule has 19 heavy (non-hydrogen) atoms. The molecule has 1 N–H and O–H groups in total. The van der Waals surface area contributed by atoms with E-state index in [4.69, 9.17) is 4.74 Å². The molecule has 104 valence electrons. The minimum atomic E-state index is -0.225. The summed E-state index contributed by atoms with van der Waals surface area (Å²) >= 11 is 0. The van der Waals surface area contributed by atoms with Gasteiger partial charge in [-0.3, -0.25) is 14.6 Å². The van der Waals surface area contributed by atoms with E-state index in [0.717, 1.165) is 0 Å². The molecule has 0 radical (unpaired) electrons. The van der Waals surface area contributed by atoms with Crippen molar-refractivity contribution in [2.24, 2.45) is 5.92 Å². The molecule has 1 aromatic rings. The number of hydrogen-bond donors (Lipinski definition) is 1. The standard InChI is InChI=1S/C12H18N4O3/c1-3-19-11(18)9-4-6-16(7-5-9)12-13-10(17)8(2)14-15-12/h9H,3-7H2,1-2H3,(H,13,15,17). The number of H-pyrrole nitrogens is 1. The van der Waals surface area contributed by atoms with Crippen LogP contribution in [0.1, 0.15) is 25.5 Å². The van der Waals surface area contributed by atoms with Crippen molar-refractivity contribution in [2.75, 3.05) is 24.6 Å².